The zero-order valence-electron chi connectivity index (χ0n) is 28.9. The minimum Gasteiger partial charge on any atom is -0.497 e. The molecule has 12 heteroatoms. The fourth-order valence-corrected chi connectivity index (χ4v) is 5.14. The number of aliphatic carboxylic acids is 2. The van der Waals surface area contributed by atoms with Crippen LogP contribution in [0.5, 0.6) is 11.5 Å². The van der Waals surface area contributed by atoms with Gasteiger partial charge in [-0.2, -0.15) is 0 Å². The SMILES string of the molecule is COc1cccc(C2=C(C(=O)O)CN(C(=O)OC(C)(C)C)CC2)c1.COc1cccc(C2=C(C(=O)O)CN(C(=O)OC(C)(C)C)CC2)c1. The normalized spacial score (nSPS) is 15.2. The molecule has 2 aliphatic heterocycles. The molecule has 2 aromatic rings. The van der Waals surface area contributed by atoms with Crippen molar-refractivity contribution in [2.24, 2.45) is 0 Å². The maximum absolute atomic E-state index is 12.2. The fourth-order valence-electron chi connectivity index (χ4n) is 5.14. The molecular weight excluding hydrogens is 620 g/mol. The topological polar surface area (TPSA) is 152 Å². The number of carbonyl (C=O) groups excluding carboxylic acids is 2. The molecule has 0 spiro atoms. The van der Waals surface area contributed by atoms with Gasteiger partial charge in [-0.1, -0.05) is 24.3 Å². The number of rotatable bonds is 6. The quantitative estimate of drug-likeness (QED) is 0.357. The summed E-state index contributed by atoms with van der Waals surface area (Å²) in [7, 11) is 3.13. The van der Waals surface area contributed by atoms with Crippen molar-refractivity contribution in [1.82, 2.24) is 9.80 Å². The van der Waals surface area contributed by atoms with Crippen molar-refractivity contribution in [3.05, 3.63) is 70.8 Å². The lowest BCUT2D eigenvalue weighted by molar-refractivity contribution is -0.133. The molecule has 0 saturated heterocycles. The van der Waals surface area contributed by atoms with Crippen molar-refractivity contribution in [1.29, 1.82) is 0 Å². The molecule has 12 nitrogen and oxygen atoms in total. The largest absolute Gasteiger partial charge is 0.497 e. The van der Waals surface area contributed by atoms with Gasteiger partial charge < -0.3 is 39.0 Å². The van der Waals surface area contributed by atoms with Crippen LogP contribution in [0.25, 0.3) is 11.1 Å². The first-order chi connectivity index (χ1) is 22.4. The molecule has 4 rings (SSSR count). The average Bonchev–Trinajstić information content (AvgIpc) is 3.02. The highest BCUT2D eigenvalue weighted by atomic mass is 16.6. The van der Waals surface area contributed by atoms with Crippen LogP contribution < -0.4 is 9.47 Å². The van der Waals surface area contributed by atoms with Crippen LogP contribution in [0, 0.1) is 0 Å². The minimum atomic E-state index is -1.03. The monoisotopic (exact) mass is 666 g/mol. The van der Waals surface area contributed by atoms with Gasteiger partial charge in [-0.05, 0) is 101 Å². The van der Waals surface area contributed by atoms with E-state index >= 15 is 0 Å². The smallest absolute Gasteiger partial charge is 0.410 e. The van der Waals surface area contributed by atoms with Crippen LogP contribution in [0.3, 0.4) is 0 Å². The van der Waals surface area contributed by atoms with E-state index in [0.29, 0.717) is 37.4 Å². The summed E-state index contributed by atoms with van der Waals surface area (Å²) in [5, 5.41) is 19.1. The molecule has 0 atom stereocenters. The Labute approximate surface area is 281 Å². The van der Waals surface area contributed by atoms with Gasteiger partial charge in [0, 0.05) is 13.1 Å². The van der Waals surface area contributed by atoms with Gasteiger partial charge in [0.25, 0.3) is 0 Å². The standard InChI is InChI=1S/2C18H23NO5/c2*1-18(2,3)24-17(22)19-9-8-14(15(11-19)16(20)21)12-6-5-7-13(10-12)23-4/h2*5-7,10H,8-9,11H2,1-4H3,(H,20,21). The van der Waals surface area contributed by atoms with Crippen molar-refractivity contribution in [3.63, 3.8) is 0 Å². The van der Waals surface area contributed by atoms with E-state index in [4.69, 9.17) is 18.9 Å². The van der Waals surface area contributed by atoms with E-state index < -0.39 is 35.3 Å². The highest BCUT2D eigenvalue weighted by Gasteiger charge is 2.31. The third kappa shape index (κ3) is 10.5. The van der Waals surface area contributed by atoms with E-state index in [1.54, 1.807) is 80.0 Å². The molecule has 2 aliphatic rings. The highest BCUT2D eigenvalue weighted by Crippen LogP contribution is 2.32. The summed E-state index contributed by atoms with van der Waals surface area (Å²) in [6.07, 6.45) is -0.0841. The molecule has 2 aromatic carbocycles. The Balaban J connectivity index is 0.000000260. The summed E-state index contributed by atoms with van der Waals surface area (Å²) < 4.78 is 21.1. The first-order valence-corrected chi connectivity index (χ1v) is 15.6. The Morgan fingerprint density at radius 3 is 1.27 bits per heavy atom. The fraction of sp³-hybridized carbons (Fsp3) is 0.444. The molecule has 0 radical (unpaired) electrons. The predicted molar refractivity (Wildman–Crippen MR) is 180 cm³/mol. The lowest BCUT2D eigenvalue weighted by Gasteiger charge is -2.31. The van der Waals surface area contributed by atoms with Crippen LogP contribution >= 0.6 is 0 Å². The number of amides is 2. The van der Waals surface area contributed by atoms with Crippen LogP contribution in [0.1, 0.15) is 65.5 Å². The first-order valence-electron chi connectivity index (χ1n) is 15.6. The van der Waals surface area contributed by atoms with Gasteiger partial charge in [-0.15, -0.1) is 0 Å². The van der Waals surface area contributed by atoms with Crippen LogP contribution in [-0.4, -0.2) is 95.7 Å². The molecular formula is C36H46N2O10. The number of benzene rings is 2. The summed E-state index contributed by atoms with van der Waals surface area (Å²) >= 11 is 0. The number of ether oxygens (including phenoxy) is 4. The summed E-state index contributed by atoms with van der Waals surface area (Å²) in [6, 6.07) is 14.6. The molecule has 260 valence electrons. The van der Waals surface area contributed by atoms with Crippen LogP contribution in [0.15, 0.2) is 59.7 Å². The van der Waals surface area contributed by atoms with E-state index in [0.717, 1.165) is 22.3 Å². The van der Waals surface area contributed by atoms with Crippen LogP contribution in [-0.2, 0) is 19.1 Å². The maximum Gasteiger partial charge on any atom is 0.410 e. The first kappa shape index (κ1) is 37.5. The molecule has 0 aliphatic carbocycles. The Kier molecular flexibility index (Phi) is 12.3. The lowest BCUT2D eigenvalue weighted by atomic mass is 9.93. The van der Waals surface area contributed by atoms with Gasteiger partial charge in [0.2, 0.25) is 0 Å². The van der Waals surface area contributed by atoms with E-state index in [9.17, 15) is 29.4 Å². The van der Waals surface area contributed by atoms with Gasteiger partial charge >= 0.3 is 24.1 Å². The van der Waals surface area contributed by atoms with E-state index in [-0.39, 0.29) is 24.2 Å². The number of hydrogen-bond acceptors (Lipinski definition) is 8. The van der Waals surface area contributed by atoms with Gasteiger partial charge in [-0.3, -0.25) is 0 Å². The Bertz CT molecular complexity index is 1460. The number of carbonyl (C=O) groups is 4. The van der Waals surface area contributed by atoms with Gasteiger partial charge in [0.1, 0.15) is 22.7 Å². The van der Waals surface area contributed by atoms with Gasteiger partial charge in [0.05, 0.1) is 38.5 Å². The number of hydrogen-bond donors (Lipinski definition) is 2. The third-order valence-electron chi connectivity index (χ3n) is 7.35. The summed E-state index contributed by atoms with van der Waals surface area (Å²) in [4.78, 5) is 50.6. The summed E-state index contributed by atoms with van der Waals surface area (Å²) in [6.45, 7) is 11.6. The average molecular weight is 667 g/mol. The Morgan fingerprint density at radius 1 is 0.625 bits per heavy atom. The molecule has 0 fully saturated rings. The second-order valence-corrected chi connectivity index (χ2v) is 13.3. The minimum absolute atomic E-state index is 0.0246. The number of nitrogens with zero attached hydrogens (tertiary/aromatic N) is 2. The molecule has 0 saturated carbocycles. The van der Waals surface area contributed by atoms with E-state index in [1.807, 2.05) is 24.3 Å². The maximum atomic E-state index is 12.2. The molecule has 0 aromatic heterocycles. The molecule has 2 heterocycles. The zero-order chi connectivity index (χ0) is 35.8. The molecule has 0 bridgehead atoms. The van der Waals surface area contributed by atoms with Crippen molar-refractivity contribution in [2.75, 3.05) is 40.4 Å². The second kappa shape index (κ2) is 15.7. The summed E-state index contributed by atoms with van der Waals surface area (Å²) in [5.41, 5.74) is 2.24. The Hall–Kier alpha value is -5.00. The molecule has 2 N–H and O–H groups in total. The van der Waals surface area contributed by atoms with E-state index in [2.05, 4.69) is 0 Å². The van der Waals surface area contributed by atoms with Crippen molar-refractivity contribution >= 4 is 35.3 Å². The zero-order valence-corrected chi connectivity index (χ0v) is 28.9. The highest BCUT2D eigenvalue weighted by molar-refractivity contribution is 5.99. The molecule has 2 amide bonds. The molecule has 0 unspecified atom stereocenters. The summed E-state index contributed by atoms with van der Waals surface area (Å²) in [5.74, 6) is -0.722. The predicted octanol–water partition coefficient (Wildman–Crippen LogP) is 6.35. The number of carboxylic acids is 2. The van der Waals surface area contributed by atoms with E-state index in [1.165, 1.54) is 9.80 Å². The van der Waals surface area contributed by atoms with Crippen molar-refractivity contribution < 1.29 is 48.3 Å². The Morgan fingerprint density at radius 2 is 0.979 bits per heavy atom. The van der Waals surface area contributed by atoms with Crippen molar-refractivity contribution in [3.8, 4) is 11.5 Å². The number of methoxy groups -OCH3 is 2. The lowest BCUT2D eigenvalue weighted by Crippen LogP contribution is -2.41. The van der Waals surface area contributed by atoms with Gasteiger partial charge in [-0.25, -0.2) is 19.2 Å². The van der Waals surface area contributed by atoms with Gasteiger partial charge in [0.15, 0.2) is 0 Å². The third-order valence-corrected chi connectivity index (χ3v) is 7.35. The second-order valence-electron chi connectivity index (χ2n) is 13.3. The number of carboxylic acid groups (broad SMARTS) is 2. The van der Waals surface area contributed by atoms with Crippen molar-refractivity contribution in [2.45, 2.75) is 65.6 Å². The van der Waals surface area contributed by atoms with Crippen LogP contribution in [0.4, 0.5) is 9.59 Å². The van der Waals surface area contributed by atoms with Crippen LogP contribution in [0.2, 0.25) is 0 Å². The molecule has 48 heavy (non-hydrogen) atoms.